The Bertz CT molecular complexity index is 1370. The molecule has 0 rings (SSSR count). The minimum atomic E-state index is -0.777. The van der Waals surface area contributed by atoms with Gasteiger partial charge in [0.25, 0.3) is 0 Å². The molecule has 0 heterocycles. The maximum Gasteiger partial charge on any atom is 0.306 e. The van der Waals surface area contributed by atoms with Gasteiger partial charge < -0.3 is 14.6 Å². The monoisotopic (exact) mass is 1040 g/mol. The van der Waals surface area contributed by atoms with Crippen molar-refractivity contribution in [2.45, 2.75) is 335 Å². The van der Waals surface area contributed by atoms with E-state index in [1.54, 1.807) is 0 Å². The van der Waals surface area contributed by atoms with Crippen LogP contribution in [-0.4, -0.2) is 36.4 Å². The van der Waals surface area contributed by atoms with E-state index in [0.717, 1.165) is 83.5 Å². The van der Waals surface area contributed by atoms with Crippen LogP contribution in [0.25, 0.3) is 0 Å². The van der Waals surface area contributed by atoms with Crippen molar-refractivity contribution in [2.24, 2.45) is 0 Å². The lowest BCUT2D eigenvalue weighted by atomic mass is 10.0. The van der Waals surface area contributed by atoms with E-state index in [1.807, 2.05) is 0 Å². The van der Waals surface area contributed by atoms with E-state index < -0.39 is 6.10 Å². The van der Waals surface area contributed by atoms with E-state index in [1.165, 1.54) is 218 Å². The van der Waals surface area contributed by atoms with Gasteiger partial charge in [-0.3, -0.25) is 9.59 Å². The van der Waals surface area contributed by atoms with Gasteiger partial charge in [-0.15, -0.1) is 0 Å². The van der Waals surface area contributed by atoms with Crippen molar-refractivity contribution < 1.29 is 24.2 Å². The summed E-state index contributed by atoms with van der Waals surface area (Å²) in [7, 11) is 0. The summed E-state index contributed by atoms with van der Waals surface area (Å²) in [5, 5.41) is 9.69. The van der Waals surface area contributed by atoms with Gasteiger partial charge in [-0.25, -0.2) is 0 Å². The first kappa shape index (κ1) is 72.1. The fourth-order valence-electron chi connectivity index (χ4n) is 9.60. The Morgan fingerprint density at radius 3 is 0.867 bits per heavy atom. The highest BCUT2D eigenvalue weighted by Gasteiger charge is 2.16. The van der Waals surface area contributed by atoms with Crippen LogP contribution in [0, 0.1) is 0 Å². The van der Waals surface area contributed by atoms with E-state index >= 15 is 0 Å². The normalized spacial score (nSPS) is 12.7. The highest BCUT2D eigenvalue weighted by atomic mass is 16.6. The van der Waals surface area contributed by atoms with Crippen LogP contribution in [0.5, 0.6) is 0 Å². The molecule has 1 unspecified atom stereocenters. The molecule has 434 valence electrons. The van der Waals surface area contributed by atoms with Gasteiger partial charge >= 0.3 is 11.9 Å². The van der Waals surface area contributed by atoms with Crippen molar-refractivity contribution in [2.75, 3.05) is 13.2 Å². The summed E-state index contributed by atoms with van der Waals surface area (Å²) in [6, 6.07) is 0. The Balaban J connectivity index is 3.47. The van der Waals surface area contributed by atoms with Gasteiger partial charge in [0.05, 0.1) is 6.61 Å². The Morgan fingerprint density at radius 2 is 0.573 bits per heavy atom. The lowest BCUT2D eigenvalue weighted by Crippen LogP contribution is -2.28. The van der Waals surface area contributed by atoms with Crippen molar-refractivity contribution in [3.63, 3.8) is 0 Å². The summed E-state index contributed by atoms with van der Waals surface area (Å²) in [5.74, 6) is -0.581. The maximum absolute atomic E-state index is 12.3. The van der Waals surface area contributed by atoms with Crippen LogP contribution in [0.3, 0.4) is 0 Å². The Kier molecular flexibility index (Phi) is 62.8. The molecule has 0 aliphatic heterocycles. The average Bonchev–Trinajstić information content (AvgIpc) is 3.41. The van der Waals surface area contributed by atoms with Gasteiger partial charge in [0.2, 0.25) is 0 Å². The molecule has 5 nitrogen and oxygen atoms in total. The van der Waals surface area contributed by atoms with Crippen LogP contribution in [0.4, 0.5) is 0 Å². The van der Waals surface area contributed by atoms with E-state index in [-0.39, 0.29) is 25.2 Å². The molecule has 0 fully saturated rings. The minimum Gasteiger partial charge on any atom is -0.462 e. The third-order valence-electron chi connectivity index (χ3n) is 14.5. The molecule has 0 aliphatic carbocycles. The number of unbranched alkanes of at least 4 members (excludes halogenated alkanes) is 38. The van der Waals surface area contributed by atoms with Gasteiger partial charge in [0.1, 0.15) is 6.61 Å². The molecular weight excluding hydrogens is 921 g/mol. The lowest BCUT2D eigenvalue weighted by molar-refractivity contribution is -0.161. The summed E-state index contributed by atoms with van der Waals surface area (Å²) in [5.41, 5.74) is 0. The third kappa shape index (κ3) is 63.5. The Morgan fingerprint density at radius 1 is 0.320 bits per heavy atom. The van der Waals surface area contributed by atoms with E-state index in [9.17, 15) is 14.7 Å². The molecule has 0 radical (unpaired) electrons. The van der Waals surface area contributed by atoms with Crippen LogP contribution < -0.4 is 0 Å². The predicted octanol–water partition coefficient (Wildman–Crippen LogP) is 22.5. The van der Waals surface area contributed by atoms with Gasteiger partial charge in [-0.1, -0.05) is 330 Å². The molecular formula is C70H124O5. The number of hydrogen-bond acceptors (Lipinski definition) is 5. The quantitative estimate of drug-likeness (QED) is 0.0373. The van der Waals surface area contributed by atoms with Gasteiger partial charge in [0, 0.05) is 12.8 Å². The zero-order valence-electron chi connectivity index (χ0n) is 49.8. The maximum atomic E-state index is 12.3. The van der Waals surface area contributed by atoms with Crippen LogP contribution in [0.2, 0.25) is 0 Å². The first-order valence-corrected chi connectivity index (χ1v) is 32.6. The Hall–Kier alpha value is -2.92. The van der Waals surface area contributed by atoms with Crippen molar-refractivity contribution in [1.82, 2.24) is 0 Å². The molecule has 0 amide bonds. The topological polar surface area (TPSA) is 72.8 Å². The van der Waals surface area contributed by atoms with Gasteiger partial charge in [0.15, 0.2) is 6.10 Å². The van der Waals surface area contributed by atoms with Gasteiger partial charge in [-0.2, -0.15) is 0 Å². The van der Waals surface area contributed by atoms with E-state index in [4.69, 9.17) is 9.47 Å². The highest BCUT2D eigenvalue weighted by molar-refractivity contribution is 5.70. The molecule has 0 spiro atoms. The molecule has 0 aromatic rings. The van der Waals surface area contributed by atoms with Crippen molar-refractivity contribution in [3.8, 4) is 0 Å². The SMILES string of the molecule is CC/C=C\C/C=C\C/C=C\C/C=C\C/C=C\C/C=C\C/C=C\CCCCCCCCCCCCCC(=O)OC(CO)COC(=O)CCCCCCCCCCCCCCCCCCCCCCCCCCCCCC. The second kappa shape index (κ2) is 65.4. The first-order valence-electron chi connectivity index (χ1n) is 32.6. The first-order chi connectivity index (χ1) is 37.1. The Labute approximate surface area is 466 Å². The second-order valence-corrected chi connectivity index (χ2v) is 21.8. The number of rotatable bonds is 60. The number of allylic oxidation sites excluding steroid dienone is 14. The number of hydrogen-bond donors (Lipinski definition) is 1. The number of aliphatic hydroxyl groups is 1. The molecule has 0 bridgehead atoms. The minimum absolute atomic E-state index is 0.0661. The summed E-state index contributed by atoms with van der Waals surface area (Å²) in [6.45, 7) is 4.07. The van der Waals surface area contributed by atoms with Crippen molar-refractivity contribution >= 4 is 11.9 Å². The fraction of sp³-hybridized carbons (Fsp3) is 0.771. The summed E-state index contributed by atoms with van der Waals surface area (Å²) in [4.78, 5) is 24.6. The standard InChI is InChI=1S/C70H124O5/c1-3-5-7-9-11-13-15-17-19-21-23-25-27-29-31-33-34-35-36-37-39-41-43-45-47-49-51-53-55-57-59-61-63-65-70(73)75-68(66-71)67-74-69(72)64-62-60-58-56-54-52-50-48-46-44-42-40-38-32-30-28-26-24-22-20-18-16-14-12-10-8-6-4-2/h5,7,11,13,17,19,23,25,29,31,34-35,37,39,68,71H,3-4,6,8-10,12,14-16,18,20-22,24,26-28,30,32-33,36,38,40-67H2,1-2H3/b7-5-,13-11-,19-17-,25-23-,31-29-,35-34-,39-37-. The summed E-state index contributed by atoms with van der Waals surface area (Å²) >= 11 is 0. The molecule has 5 heteroatoms. The molecule has 75 heavy (non-hydrogen) atoms. The number of esters is 2. The summed E-state index contributed by atoms with van der Waals surface area (Å²) < 4.78 is 10.7. The molecule has 0 aromatic carbocycles. The molecule has 0 aromatic heterocycles. The van der Waals surface area contributed by atoms with Crippen LogP contribution in [0.1, 0.15) is 328 Å². The second-order valence-electron chi connectivity index (χ2n) is 21.8. The van der Waals surface area contributed by atoms with Crippen LogP contribution in [-0.2, 0) is 19.1 Å². The molecule has 0 saturated heterocycles. The number of ether oxygens (including phenoxy) is 2. The zero-order valence-corrected chi connectivity index (χ0v) is 49.8. The fourth-order valence-corrected chi connectivity index (χ4v) is 9.60. The molecule has 0 aliphatic rings. The number of aliphatic hydroxyl groups excluding tert-OH is 1. The highest BCUT2D eigenvalue weighted by Crippen LogP contribution is 2.18. The molecule has 1 atom stereocenters. The lowest BCUT2D eigenvalue weighted by Gasteiger charge is -2.15. The third-order valence-corrected chi connectivity index (χ3v) is 14.5. The number of carbonyl (C=O) groups excluding carboxylic acids is 2. The molecule has 0 saturated carbocycles. The van der Waals surface area contributed by atoms with E-state index in [2.05, 4.69) is 98.9 Å². The predicted molar refractivity (Wildman–Crippen MR) is 329 cm³/mol. The summed E-state index contributed by atoms with van der Waals surface area (Å²) in [6.07, 6.45) is 91.6. The van der Waals surface area contributed by atoms with E-state index in [0.29, 0.717) is 12.8 Å². The van der Waals surface area contributed by atoms with Crippen LogP contribution in [0.15, 0.2) is 85.1 Å². The number of carbonyl (C=O) groups is 2. The largest absolute Gasteiger partial charge is 0.462 e. The average molecular weight is 1050 g/mol. The molecule has 1 N–H and O–H groups in total. The van der Waals surface area contributed by atoms with Crippen molar-refractivity contribution in [3.05, 3.63) is 85.1 Å². The van der Waals surface area contributed by atoms with Crippen LogP contribution >= 0.6 is 0 Å². The zero-order chi connectivity index (χ0) is 54.1. The smallest absolute Gasteiger partial charge is 0.306 e. The van der Waals surface area contributed by atoms with Crippen molar-refractivity contribution in [1.29, 1.82) is 0 Å². The van der Waals surface area contributed by atoms with Gasteiger partial charge in [-0.05, 0) is 70.6 Å².